The maximum absolute atomic E-state index is 13.5. The van der Waals surface area contributed by atoms with Crippen molar-refractivity contribution in [2.75, 3.05) is 27.4 Å². The lowest BCUT2D eigenvalue weighted by atomic mass is 9.85. The highest BCUT2D eigenvalue weighted by Crippen LogP contribution is 2.25. The van der Waals surface area contributed by atoms with E-state index in [4.69, 9.17) is 0 Å². The van der Waals surface area contributed by atoms with Gasteiger partial charge in [0.1, 0.15) is 5.82 Å². The molecule has 0 aliphatic heterocycles. The van der Waals surface area contributed by atoms with Gasteiger partial charge in [0.15, 0.2) is 5.96 Å². The fraction of sp³-hybridized carbons (Fsp3) is 0.579. The predicted molar refractivity (Wildman–Crippen MR) is 106 cm³/mol. The summed E-state index contributed by atoms with van der Waals surface area (Å²) in [5, 5.41) is 6.68. The third kappa shape index (κ3) is 5.62. The summed E-state index contributed by atoms with van der Waals surface area (Å²) in [6.07, 6.45) is 5.79. The molecule has 2 N–H and O–H groups in total. The van der Waals surface area contributed by atoms with Gasteiger partial charge >= 0.3 is 0 Å². The Morgan fingerprint density at radius 2 is 2.15 bits per heavy atom. The van der Waals surface area contributed by atoms with E-state index < -0.39 is 0 Å². The van der Waals surface area contributed by atoms with Gasteiger partial charge in [0, 0.05) is 44.5 Å². The third-order valence-corrected chi connectivity index (χ3v) is 5.56. The zero-order valence-electron chi connectivity index (χ0n) is 16.0. The molecule has 5 nitrogen and oxygen atoms in total. The average molecular weight is 381 g/mol. The van der Waals surface area contributed by atoms with E-state index in [1.165, 1.54) is 6.07 Å². The molecule has 7 heteroatoms. The van der Waals surface area contributed by atoms with Crippen LogP contribution in [0.1, 0.15) is 31.2 Å². The maximum Gasteiger partial charge on any atom is 0.225 e. The average Bonchev–Trinajstić information content (AvgIpc) is 2.64. The van der Waals surface area contributed by atoms with Crippen LogP contribution in [0.15, 0.2) is 28.1 Å². The molecule has 1 aliphatic carbocycles. The van der Waals surface area contributed by atoms with Crippen molar-refractivity contribution in [2.24, 2.45) is 10.9 Å². The molecule has 0 spiro atoms. The Hall–Kier alpha value is -1.76. The molecule has 0 heterocycles. The van der Waals surface area contributed by atoms with Crippen LogP contribution in [0.5, 0.6) is 0 Å². The van der Waals surface area contributed by atoms with Crippen molar-refractivity contribution in [2.45, 2.75) is 43.2 Å². The molecule has 0 bridgehead atoms. The molecule has 2 atom stereocenters. The number of nitrogens with zero attached hydrogens (tertiary/aromatic N) is 2. The van der Waals surface area contributed by atoms with E-state index in [9.17, 15) is 9.18 Å². The van der Waals surface area contributed by atoms with E-state index in [0.717, 1.165) is 36.1 Å². The van der Waals surface area contributed by atoms with Crippen molar-refractivity contribution < 1.29 is 9.18 Å². The number of hydrogen-bond acceptors (Lipinski definition) is 3. The number of halogens is 1. The Bertz CT molecular complexity index is 650. The summed E-state index contributed by atoms with van der Waals surface area (Å²) >= 11 is 1.60. The van der Waals surface area contributed by atoms with Crippen LogP contribution in [-0.4, -0.2) is 50.2 Å². The smallest absolute Gasteiger partial charge is 0.225 e. The first-order chi connectivity index (χ1) is 12.4. The van der Waals surface area contributed by atoms with Crippen LogP contribution in [0.4, 0.5) is 4.39 Å². The molecule has 0 aromatic heterocycles. The van der Waals surface area contributed by atoms with E-state index in [1.807, 2.05) is 20.4 Å². The SMILES string of the molecule is CN=C(NCc1cc(F)ccc1SC)NC1CCCC(C(=O)N(C)C)C1. The summed E-state index contributed by atoms with van der Waals surface area (Å²) in [5.41, 5.74) is 0.907. The van der Waals surface area contributed by atoms with E-state index in [2.05, 4.69) is 15.6 Å². The number of thioether (sulfide) groups is 1. The highest BCUT2D eigenvalue weighted by atomic mass is 32.2. The zero-order chi connectivity index (χ0) is 19.1. The maximum atomic E-state index is 13.5. The monoisotopic (exact) mass is 380 g/mol. The van der Waals surface area contributed by atoms with Crippen LogP contribution in [0, 0.1) is 11.7 Å². The number of hydrogen-bond donors (Lipinski definition) is 2. The lowest BCUT2D eigenvalue weighted by Gasteiger charge is -2.31. The molecule has 26 heavy (non-hydrogen) atoms. The van der Waals surface area contributed by atoms with Crippen LogP contribution in [-0.2, 0) is 11.3 Å². The molecule has 0 radical (unpaired) electrons. The summed E-state index contributed by atoms with van der Waals surface area (Å²) in [6, 6.07) is 5.05. The topological polar surface area (TPSA) is 56.7 Å². The molecule has 1 aromatic rings. The van der Waals surface area contributed by atoms with Crippen LogP contribution < -0.4 is 10.6 Å². The number of rotatable bonds is 5. The van der Waals surface area contributed by atoms with Crippen LogP contribution in [0.25, 0.3) is 0 Å². The molecule has 144 valence electrons. The number of carbonyl (C=O) groups excluding carboxylic acids is 1. The van der Waals surface area contributed by atoms with E-state index >= 15 is 0 Å². The number of nitrogens with one attached hydrogen (secondary N) is 2. The summed E-state index contributed by atoms with van der Waals surface area (Å²) in [4.78, 5) is 19.2. The quantitative estimate of drug-likeness (QED) is 0.469. The minimum atomic E-state index is -0.236. The number of amides is 1. The van der Waals surface area contributed by atoms with Gasteiger partial charge < -0.3 is 15.5 Å². The molecule has 1 saturated carbocycles. The number of benzene rings is 1. The molecule has 0 saturated heterocycles. The van der Waals surface area contributed by atoms with Crippen LogP contribution in [0.2, 0.25) is 0 Å². The van der Waals surface area contributed by atoms with Gasteiger partial charge in [-0.15, -0.1) is 11.8 Å². The van der Waals surface area contributed by atoms with Gasteiger partial charge in [-0.25, -0.2) is 4.39 Å². The Kier molecular flexibility index (Phi) is 7.75. The third-order valence-electron chi connectivity index (χ3n) is 4.72. The van der Waals surface area contributed by atoms with Gasteiger partial charge in [-0.3, -0.25) is 9.79 Å². The van der Waals surface area contributed by atoms with E-state index in [1.54, 1.807) is 35.8 Å². The van der Waals surface area contributed by atoms with Crippen LogP contribution >= 0.6 is 11.8 Å². The summed E-state index contributed by atoms with van der Waals surface area (Å²) in [7, 11) is 5.34. The summed E-state index contributed by atoms with van der Waals surface area (Å²) < 4.78 is 13.5. The first kappa shape index (κ1) is 20.6. The molecule has 2 rings (SSSR count). The minimum Gasteiger partial charge on any atom is -0.354 e. The molecular formula is C19H29FN4OS. The second kappa shape index (κ2) is 9.80. The molecule has 1 fully saturated rings. The Balaban J connectivity index is 1.93. The Morgan fingerprint density at radius 3 is 2.81 bits per heavy atom. The first-order valence-corrected chi connectivity index (χ1v) is 10.2. The van der Waals surface area contributed by atoms with Gasteiger partial charge in [0.25, 0.3) is 0 Å². The van der Waals surface area contributed by atoms with E-state index in [-0.39, 0.29) is 23.7 Å². The second-order valence-electron chi connectivity index (χ2n) is 6.82. The van der Waals surface area contributed by atoms with Crippen molar-refractivity contribution in [1.29, 1.82) is 0 Å². The minimum absolute atomic E-state index is 0.0701. The lowest BCUT2D eigenvalue weighted by molar-refractivity contribution is -0.134. The molecule has 1 aliphatic rings. The molecule has 2 unspecified atom stereocenters. The number of aliphatic imine (C=N–C) groups is 1. The molecular weight excluding hydrogens is 351 g/mol. The fourth-order valence-electron chi connectivity index (χ4n) is 3.36. The first-order valence-electron chi connectivity index (χ1n) is 8.95. The summed E-state index contributed by atoms with van der Waals surface area (Å²) in [6.45, 7) is 0.500. The normalized spacial score (nSPS) is 20.6. The molecule has 1 amide bonds. The highest BCUT2D eigenvalue weighted by molar-refractivity contribution is 7.98. The van der Waals surface area contributed by atoms with Crippen molar-refractivity contribution in [3.05, 3.63) is 29.6 Å². The lowest BCUT2D eigenvalue weighted by Crippen LogP contribution is -2.46. The zero-order valence-corrected chi connectivity index (χ0v) is 16.8. The number of carbonyl (C=O) groups is 1. The van der Waals surface area contributed by atoms with Crippen molar-refractivity contribution in [1.82, 2.24) is 15.5 Å². The second-order valence-corrected chi connectivity index (χ2v) is 7.67. The van der Waals surface area contributed by atoms with Crippen molar-refractivity contribution in [3.63, 3.8) is 0 Å². The highest BCUT2D eigenvalue weighted by Gasteiger charge is 2.28. The van der Waals surface area contributed by atoms with Gasteiger partial charge in [-0.05, 0) is 49.3 Å². The van der Waals surface area contributed by atoms with Crippen LogP contribution in [0.3, 0.4) is 0 Å². The number of guanidine groups is 1. The van der Waals surface area contributed by atoms with E-state index in [0.29, 0.717) is 12.5 Å². The largest absolute Gasteiger partial charge is 0.354 e. The van der Waals surface area contributed by atoms with Gasteiger partial charge in [-0.2, -0.15) is 0 Å². The molecule has 1 aromatic carbocycles. The van der Waals surface area contributed by atoms with Crippen molar-refractivity contribution >= 4 is 23.6 Å². The van der Waals surface area contributed by atoms with Crippen molar-refractivity contribution in [3.8, 4) is 0 Å². The summed E-state index contributed by atoms with van der Waals surface area (Å²) in [5.74, 6) is 0.716. The Labute approximate surface area is 159 Å². The fourth-order valence-corrected chi connectivity index (χ4v) is 3.96. The standard InChI is InChI=1S/C19H29FN4OS/c1-21-19(22-12-14-10-15(20)8-9-17(14)26-4)23-16-7-5-6-13(11-16)18(25)24(2)3/h8-10,13,16H,5-7,11-12H2,1-4H3,(H2,21,22,23). The predicted octanol–water partition coefficient (Wildman–Crippen LogP) is 2.86. The van der Waals surface area contributed by atoms with Gasteiger partial charge in [-0.1, -0.05) is 6.42 Å². The Morgan fingerprint density at radius 1 is 1.38 bits per heavy atom. The van der Waals surface area contributed by atoms with Gasteiger partial charge in [0.2, 0.25) is 5.91 Å². The van der Waals surface area contributed by atoms with Gasteiger partial charge in [0.05, 0.1) is 0 Å².